The number of pyridine rings is 1. The second kappa shape index (κ2) is 11.8. The predicted octanol–water partition coefficient (Wildman–Crippen LogP) is 6.97. The van der Waals surface area contributed by atoms with Crippen molar-refractivity contribution >= 4 is 46.3 Å². The summed E-state index contributed by atoms with van der Waals surface area (Å²) in [5.74, 6) is 0.858. The van der Waals surface area contributed by atoms with Crippen LogP contribution in [-0.4, -0.2) is 40.8 Å². The minimum Gasteiger partial charge on any atom is -0.465 e. The number of nitrogens with zero attached hydrogens (tertiary/aromatic N) is 4. The predicted molar refractivity (Wildman–Crippen MR) is 172 cm³/mol. The number of esters is 1. The molecular formula is C33H34ClN5O2S. The highest BCUT2D eigenvalue weighted by Crippen LogP contribution is 2.44. The minimum atomic E-state index is -0.380. The third-order valence-electron chi connectivity index (χ3n) is 8.15. The summed E-state index contributed by atoms with van der Waals surface area (Å²) in [5.41, 5.74) is 5.15. The first-order chi connectivity index (χ1) is 20.3. The lowest BCUT2D eigenvalue weighted by Crippen LogP contribution is -2.38. The smallest absolute Gasteiger partial charge is 0.337 e. The topological polar surface area (TPSA) is 62.6 Å². The van der Waals surface area contributed by atoms with Crippen LogP contribution in [0, 0.1) is 11.8 Å². The maximum atomic E-state index is 12.3. The molecule has 42 heavy (non-hydrogen) atoms. The number of ether oxygens (including phenoxy) is 1. The largest absolute Gasteiger partial charge is 0.465 e. The average molecular weight is 600 g/mol. The van der Waals surface area contributed by atoms with E-state index in [-0.39, 0.29) is 18.1 Å². The molecule has 216 valence electrons. The fourth-order valence-electron chi connectivity index (χ4n) is 6.47. The first-order valence-electron chi connectivity index (χ1n) is 14.2. The molecule has 4 heterocycles. The highest BCUT2D eigenvalue weighted by atomic mass is 35.5. The van der Waals surface area contributed by atoms with Crippen LogP contribution in [0.15, 0.2) is 85.2 Å². The van der Waals surface area contributed by atoms with Gasteiger partial charge in [0.15, 0.2) is 5.11 Å². The molecule has 9 heteroatoms. The number of methoxy groups -OCH3 is 1. The molecule has 0 saturated carbocycles. The Morgan fingerprint density at radius 3 is 2.52 bits per heavy atom. The molecule has 2 aliphatic rings. The van der Waals surface area contributed by atoms with E-state index < -0.39 is 0 Å². The molecule has 0 unspecified atom stereocenters. The number of carbonyl (C=O) groups excluding carboxylic acids is 1. The van der Waals surface area contributed by atoms with Crippen LogP contribution in [0.2, 0.25) is 5.02 Å². The van der Waals surface area contributed by atoms with Crippen molar-refractivity contribution in [1.82, 2.24) is 14.9 Å². The van der Waals surface area contributed by atoms with E-state index in [9.17, 15) is 4.79 Å². The Morgan fingerprint density at radius 2 is 1.81 bits per heavy atom. The van der Waals surface area contributed by atoms with E-state index in [0.717, 1.165) is 41.5 Å². The van der Waals surface area contributed by atoms with Crippen LogP contribution in [0.1, 0.15) is 54.1 Å². The highest BCUT2D eigenvalue weighted by Gasteiger charge is 2.42. The molecule has 2 aliphatic heterocycles. The Hall–Kier alpha value is -3.88. The summed E-state index contributed by atoms with van der Waals surface area (Å²) in [4.78, 5) is 21.5. The number of nitrogens with one attached hydrogen (secondary N) is 1. The van der Waals surface area contributed by atoms with E-state index in [2.05, 4.69) is 56.7 Å². The van der Waals surface area contributed by atoms with Gasteiger partial charge in [0, 0.05) is 42.6 Å². The van der Waals surface area contributed by atoms with Gasteiger partial charge in [-0.1, -0.05) is 37.6 Å². The van der Waals surface area contributed by atoms with Crippen molar-refractivity contribution in [2.45, 2.75) is 32.4 Å². The van der Waals surface area contributed by atoms with E-state index >= 15 is 0 Å². The van der Waals surface area contributed by atoms with Crippen molar-refractivity contribution in [3.8, 4) is 5.69 Å². The zero-order valence-corrected chi connectivity index (χ0v) is 25.5. The summed E-state index contributed by atoms with van der Waals surface area (Å²) in [5, 5.41) is 4.84. The van der Waals surface area contributed by atoms with Crippen molar-refractivity contribution < 1.29 is 9.53 Å². The highest BCUT2D eigenvalue weighted by molar-refractivity contribution is 7.80. The molecule has 0 bridgehead atoms. The van der Waals surface area contributed by atoms with Gasteiger partial charge >= 0.3 is 5.97 Å². The molecule has 4 aromatic rings. The average Bonchev–Trinajstić information content (AvgIpc) is 3.61. The Balaban J connectivity index is 1.43. The lowest BCUT2D eigenvalue weighted by Gasteiger charge is -2.37. The van der Waals surface area contributed by atoms with Gasteiger partial charge in [0.2, 0.25) is 0 Å². The molecule has 0 spiro atoms. The molecule has 0 aliphatic carbocycles. The molecular weight excluding hydrogens is 566 g/mol. The summed E-state index contributed by atoms with van der Waals surface area (Å²) in [7, 11) is 1.39. The van der Waals surface area contributed by atoms with Crippen molar-refractivity contribution in [3.05, 3.63) is 107 Å². The van der Waals surface area contributed by atoms with Gasteiger partial charge in [-0.15, -0.1) is 0 Å². The van der Waals surface area contributed by atoms with Crippen molar-refractivity contribution in [1.29, 1.82) is 0 Å². The van der Waals surface area contributed by atoms with Crippen LogP contribution in [0.25, 0.3) is 5.69 Å². The number of benzene rings is 2. The Kier molecular flexibility index (Phi) is 7.92. The van der Waals surface area contributed by atoms with Gasteiger partial charge in [0.25, 0.3) is 0 Å². The monoisotopic (exact) mass is 599 g/mol. The number of aromatic nitrogens is 2. The number of hydrogen-bond acceptors (Lipinski definition) is 5. The van der Waals surface area contributed by atoms with Gasteiger partial charge in [-0.25, -0.2) is 4.79 Å². The van der Waals surface area contributed by atoms with Gasteiger partial charge in [-0.3, -0.25) is 4.98 Å². The van der Waals surface area contributed by atoms with E-state index in [1.54, 1.807) is 12.3 Å². The van der Waals surface area contributed by atoms with E-state index in [1.807, 2.05) is 54.7 Å². The third-order valence-corrected chi connectivity index (χ3v) is 8.76. The summed E-state index contributed by atoms with van der Waals surface area (Å²) in [6.07, 6.45) is 5.03. The van der Waals surface area contributed by atoms with E-state index in [4.69, 9.17) is 28.6 Å². The minimum absolute atomic E-state index is 0.224. The van der Waals surface area contributed by atoms with Crippen molar-refractivity contribution in [2.24, 2.45) is 11.8 Å². The molecule has 2 saturated heterocycles. The molecule has 6 rings (SSSR count). The van der Waals surface area contributed by atoms with E-state index in [0.29, 0.717) is 27.5 Å². The summed E-state index contributed by atoms with van der Waals surface area (Å²) >= 11 is 13.0. The zero-order valence-electron chi connectivity index (χ0n) is 23.9. The second-order valence-corrected chi connectivity index (χ2v) is 12.1. The molecule has 7 nitrogen and oxygen atoms in total. The van der Waals surface area contributed by atoms with Gasteiger partial charge in [-0.05, 0) is 91.1 Å². The standard InChI is InChI=1S/C33H34ClN5O2S/c1-21-16-22(2)20-37(19-21)28-13-12-25(18-26(28)34)39-31(30(36-33(39)42)27-10-4-5-14-35-27)29-11-7-15-38(29)24-9-6-8-23(17-24)32(40)41-3/h4-15,17-18,21-22,30-31H,16,19-20H2,1-3H3,(H,36,42)/t21-,22+,30-,31-/m0/s1. The van der Waals surface area contributed by atoms with Crippen LogP contribution in [0.4, 0.5) is 11.4 Å². The van der Waals surface area contributed by atoms with Crippen LogP contribution in [0.5, 0.6) is 0 Å². The SMILES string of the molecule is COC(=O)c1cccc(-n2cccc2[C@H]2[C@H](c3ccccn3)NC(=S)N2c2ccc(N3C[C@H](C)C[C@H](C)C3)c(Cl)c2)c1. The molecule has 2 aromatic heterocycles. The molecule has 0 amide bonds. The first-order valence-corrected chi connectivity index (χ1v) is 15.0. The van der Waals surface area contributed by atoms with Gasteiger partial charge in [0.05, 0.1) is 35.1 Å². The number of halogens is 1. The molecule has 1 N–H and O–H groups in total. The van der Waals surface area contributed by atoms with Crippen molar-refractivity contribution in [3.63, 3.8) is 0 Å². The van der Waals surface area contributed by atoms with Crippen LogP contribution in [-0.2, 0) is 4.74 Å². The van der Waals surface area contributed by atoms with Gasteiger partial charge in [0.1, 0.15) is 6.04 Å². The lowest BCUT2D eigenvalue weighted by molar-refractivity contribution is 0.0600. The fourth-order valence-corrected chi connectivity index (χ4v) is 7.11. The van der Waals surface area contributed by atoms with Crippen LogP contribution < -0.4 is 15.1 Å². The molecule has 2 fully saturated rings. The number of hydrogen-bond donors (Lipinski definition) is 1. The second-order valence-electron chi connectivity index (χ2n) is 11.3. The maximum absolute atomic E-state index is 12.3. The van der Waals surface area contributed by atoms with Crippen molar-refractivity contribution in [2.75, 3.05) is 30.0 Å². The first kappa shape index (κ1) is 28.2. The van der Waals surface area contributed by atoms with Crippen LogP contribution >= 0.6 is 23.8 Å². The summed E-state index contributed by atoms with van der Waals surface area (Å²) in [6, 6.07) is 23.2. The number of anilines is 2. The number of carbonyl (C=O) groups is 1. The van der Waals surface area contributed by atoms with Crippen LogP contribution in [0.3, 0.4) is 0 Å². The maximum Gasteiger partial charge on any atom is 0.337 e. The number of thiocarbonyl (C=S) groups is 1. The number of rotatable bonds is 6. The van der Waals surface area contributed by atoms with Gasteiger partial charge < -0.3 is 24.4 Å². The summed E-state index contributed by atoms with van der Waals surface area (Å²) < 4.78 is 7.06. The summed E-state index contributed by atoms with van der Waals surface area (Å²) in [6.45, 7) is 6.60. The molecule has 4 atom stereocenters. The normalized spacial score (nSPS) is 22.2. The Bertz CT molecular complexity index is 1600. The number of piperidine rings is 1. The molecule has 0 radical (unpaired) electrons. The fraction of sp³-hybridized carbons (Fsp3) is 0.303. The zero-order chi connectivity index (χ0) is 29.4. The lowest BCUT2D eigenvalue weighted by atomic mass is 9.91. The quantitative estimate of drug-likeness (QED) is 0.190. The van der Waals surface area contributed by atoms with Gasteiger partial charge in [-0.2, -0.15) is 0 Å². The third kappa shape index (κ3) is 5.37. The Labute approximate surface area is 257 Å². The molecule has 2 aromatic carbocycles. The Morgan fingerprint density at radius 1 is 1.00 bits per heavy atom. The van der Waals surface area contributed by atoms with E-state index in [1.165, 1.54) is 13.5 Å².